The first-order valence-electron chi connectivity index (χ1n) is 5.48. The van der Waals surface area contributed by atoms with Gasteiger partial charge in [0.05, 0.1) is 18.2 Å². The predicted octanol–water partition coefficient (Wildman–Crippen LogP) is 2.06. The molecule has 1 aliphatic carbocycles. The first kappa shape index (κ1) is 10.9. The number of halogens is 1. The molecule has 1 spiro atoms. The lowest BCUT2D eigenvalue weighted by atomic mass is 9.74. The van der Waals surface area contributed by atoms with Crippen LogP contribution in [0, 0.1) is 5.92 Å². The minimum atomic E-state index is -0.499. The lowest BCUT2D eigenvalue weighted by Crippen LogP contribution is -2.41. The van der Waals surface area contributed by atoms with Crippen molar-refractivity contribution in [2.24, 2.45) is 5.92 Å². The van der Waals surface area contributed by atoms with Gasteiger partial charge in [0.25, 0.3) is 0 Å². The van der Waals surface area contributed by atoms with Crippen molar-refractivity contribution in [2.75, 3.05) is 5.88 Å². The van der Waals surface area contributed by atoms with Crippen molar-refractivity contribution in [3.63, 3.8) is 0 Å². The van der Waals surface area contributed by atoms with Crippen LogP contribution >= 0.6 is 11.6 Å². The molecule has 2 aliphatic rings. The van der Waals surface area contributed by atoms with Crippen LogP contribution in [-0.4, -0.2) is 23.2 Å². The van der Waals surface area contributed by atoms with E-state index in [4.69, 9.17) is 16.3 Å². The van der Waals surface area contributed by atoms with E-state index >= 15 is 0 Å². The molecule has 84 valence electrons. The van der Waals surface area contributed by atoms with Gasteiger partial charge in [-0.2, -0.15) is 0 Å². The molecule has 0 N–H and O–H groups in total. The van der Waals surface area contributed by atoms with Gasteiger partial charge in [-0.05, 0) is 25.7 Å². The van der Waals surface area contributed by atoms with Gasteiger partial charge in [-0.1, -0.05) is 6.42 Å². The maximum atomic E-state index is 11.7. The summed E-state index contributed by atoms with van der Waals surface area (Å²) in [5.74, 6) is -0.573. The van der Waals surface area contributed by atoms with Crippen molar-refractivity contribution in [1.82, 2.24) is 0 Å². The topological polar surface area (TPSA) is 43.4 Å². The van der Waals surface area contributed by atoms with Crippen molar-refractivity contribution in [1.29, 1.82) is 0 Å². The Labute approximate surface area is 94.1 Å². The first-order valence-corrected chi connectivity index (χ1v) is 6.02. The largest absolute Gasteiger partial charge is 0.458 e. The second-order valence-corrected chi connectivity index (χ2v) is 4.72. The zero-order valence-electron chi connectivity index (χ0n) is 8.63. The maximum Gasteiger partial charge on any atom is 0.307 e. The lowest BCUT2D eigenvalue weighted by molar-refractivity contribution is -0.153. The zero-order chi connectivity index (χ0) is 10.9. The standard InChI is InChI=1S/C11H15ClO3/c12-7-9(13)8-6-10(14)15-11(8)4-2-1-3-5-11/h8H,1-7H2. The molecular formula is C11H15ClO3. The van der Waals surface area contributed by atoms with Crippen molar-refractivity contribution in [2.45, 2.75) is 44.1 Å². The van der Waals surface area contributed by atoms with Crippen LogP contribution < -0.4 is 0 Å². The zero-order valence-corrected chi connectivity index (χ0v) is 9.39. The summed E-state index contributed by atoms with van der Waals surface area (Å²) in [5.41, 5.74) is -0.499. The second-order valence-electron chi connectivity index (χ2n) is 4.46. The average molecular weight is 231 g/mol. The molecule has 2 rings (SSSR count). The van der Waals surface area contributed by atoms with Gasteiger partial charge >= 0.3 is 5.97 Å². The Kier molecular flexibility index (Phi) is 3.01. The van der Waals surface area contributed by atoms with E-state index in [2.05, 4.69) is 0 Å². The Morgan fingerprint density at radius 3 is 2.67 bits per heavy atom. The minimum Gasteiger partial charge on any atom is -0.458 e. The van der Waals surface area contributed by atoms with Crippen molar-refractivity contribution < 1.29 is 14.3 Å². The van der Waals surface area contributed by atoms with E-state index in [9.17, 15) is 9.59 Å². The number of alkyl halides is 1. The Morgan fingerprint density at radius 2 is 2.07 bits per heavy atom. The molecule has 1 aliphatic heterocycles. The minimum absolute atomic E-state index is 0.0109. The summed E-state index contributed by atoms with van der Waals surface area (Å²) in [6, 6.07) is 0. The average Bonchev–Trinajstić information content (AvgIpc) is 2.55. The van der Waals surface area contributed by atoms with Crippen LogP contribution in [0.15, 0.2) is 0 Å². The summed E-state index contributed by atoms with van der Waals surface area (Å²) in [6.07, 6.45) is 5.13. The van der Waals surface area contributed by atoms with Gasteiger partial charge in [-0.3, -0.25) is 9.59 Å². The highest BCUT2D eigenvalue weighted by Crippen LogP contribution is 2.44. The van der Waals surface area contributed by atoms with Gasteiger partial charge in [0.1, 0.15) is 5.60 Å². The molecule has 0 aromatic rings. The lowest BCUT2D eigenvalue weighted by Gasteiger charge is -2.35. The third-order valence-electron chi connectivity index (χ3n) is 3.54. The highest BCUT2D eigenvalue weighted by Gasteiger charge is 2.52. The number of Topliss-reactive ketones (excluding diaryl/α,β-unsaturated/α-hetero) is 1. The van der Waals surface area contributed by atoms with E-state index in [-0.39, 0.29) is 30.0 Å². The molecule has 0 aromatic heterocycles. The molecule has 0 aromatic carbocycles. The van der Waals surface area contributed by atoms with Gasteiger partial charge in [0, 0.05) is 0 Å². The van der Waals surface area contributed by atoms with Crippen LogP contribution in [0.3, 0.4) is 0 Å². The maximum absolute atomic E-state index is 11.7. The third kappa shape index (κ3) is 1.89. The Balaban J connectivity index is 2.19. The number of hydrogen-bond acceptors (Lipinski definition) is 3. The van der Waals surface area contributed by atoms with Crippen LogP contribution in [0.2, 0.25) is 0 Å². The van der Waals surface area contributed by atoms with Gasteiger partial charge in [-0.15, -0.1) is 11.6 Å². The van der Waals surface area contributed by atoms with Crippen LogP contribution in [0.5, 0.6) is 0 Å². The van der Waals surface area contributed by atoms with Gasteiger partial charge in [0.15, 0.2) is 5.78 Å². The number of esters is 1. The Hall–Kier alpha value is -0.570. The van der Waals surface area contributed by atoms with E-state index < -0.39 is 5.60 Å². The van der Waals surface area contributed by atoms with Crippen molar-refractivity contribution in [3.05, 3.63) is 0 Å². The first-order chi connectivity index (χ1) is 7.18. The van der Waals surface area contributed by atoms with Crippen molar-refractivity contribution >= 4 is 23.4 Å². The summed E-state index contributed by atoms with van der Waals surface area (Å²) < 4.78 is 5.41. The third-order valence-corrected chi connectivity index (χ3v) is 3.81. The van der Waals surface area contributed by atoms with Gasteiger partial charge in [0.2, 0.25) is 0 Å². The number of carbonyl (C=O) groups is 2. The summed E-state index contributed by atoms with van der Waals surface area (Å²) in [7, 11) is 0. The summed E-state index contributed by atoms with van der Waals surface area (Å²) in [5, 5.41) is 0. The molecule has 0 amide bonds. The molecule has 3 nitrogen and oxygen atoms in total. The number of carbonyl (C=O) groups excluding carboxylic acids is 2. The second kappa shape index (κ2) is 4.12. The monoisotopic (exact) mass is 230 g/mol. The number of hydrogen-bond donors (Lipinski definition) is 0. The summed E-state index contributed by atoms with van der Waals surface area (Å²) in [4.78, 5) is 23.0. The smallest absolute Gasteiger partial charge is 0.307 e. The fourth-order valence-electron chi connectivity index (χ4n) is 2.79. The van der Waals surface area contributed by atoms with E-state index in [1.807, 2.05) is 0 Å². The van der Waals surface area contributed by atoms with E-state index in [1.165, 1.54) is 6.42 Å². The SMILES string of the molecule is O=C1CC(C(=O)CCl)C2(CCCCC2)O1. The number of rotatable bonds is 2. The van der Waals surface area contributed by atoms with E-state index in [0.717, 1.165) is 25.7 Å². The summed E-state index contributed by atoms with van der Waals surface area (Å²) >= 11 is 5.57. The fourth-order valence-corrected chi connectivity index (χ4v) is 2.98. The van der Waals surface area contributed by atoms with Crippen molar-refractivity contribution in [3.8, 4) is 0 Å². The molecular weight excluding hydrogens is 216 g/mol. The number of ketones is 1. The molecule has 0 radical (unpaired) electrons. The van der Waals surface area contributed by atoms with E-state index in [1.54, 1.807) is 0 Å². The number of ether oxygens (including phenoxy) is 1. The summed E-state index contributed by atoms with van der Waals surface area (Å²) in [6.45, 7) is 0. The highest BCUT2D eigenvalue weighted by molar-refractivity contribution is 6.28. The normalized spacial score (nSPS) is 29.1. The van der Waals surface area contributed by atoms with Crippen LogP contribution in [0.25, 0.3) is 0 Å². The predicted molar refractivity (Wildman–Crippen MR) is 55.7 cm³/mol. The van der Waals surface area contributed by atoms with E-state index in [0.29, 0.717) is 0 Å². The van der Waals surface area contributed by atoms with Gasteiger partial charge < -0.3 is 4.74 Å². The molecule has 4 heteroatoms. The Bertz CT molecular complexity index is 282. The fraction of sp³-hybridized carbons (Fsp3) is 0.818. The van der Waals surface area contributed by atoms with Gasteiger partial charge in [-0.25, -0.2) is 0 Å². The molecule has 1 saturated carbocycles. The molecule has 1 saturated heterocycles. The Morgan fingerprint density at radius 1 is 1.40 bits per heavy atom. The quantitative estimate of drug-likeness (QED) is 0.539. The highest BCUT2D eigenvalue weighted by atomic mass is 35.5. The van der Waals surface area contributed by atoms with Crippen LogP contribution in [0.4, 0.5) is 0 Å². The molecule has 1 atom stereocenters. The molecule has 1 unspecified atom stereocenters. The van der Waals surface area contributed by atoms with Crippen LogP contribution in [0.1, 0.15) is 38.5 Å². The molecule has 1 heterocycles. The molecule has 2 fully saturated rings. The van der Waals surface area contributed by atoms with Crippen LogP contribution in [-0.2, 0) is 14.3 Å². The molecule has 15 heavy (non-hydrogen) atoms. The molecule has 0 bridgehead atoms.